The number of amides is 1. The molecule has 2 aromatic heterocycles. The molecule has 5 aromatic rings. The fourth-order valence-corrected chi connectivity index (χ4v) is 5.78. The number of halogens is 3. The topological polar surface area (TPSA) is 135 Å². The molecule has 42 heavy (non-hydrogen) atoms. The largest absolute Gasteiger partial charge is 0.495 e. The van der Waals surface area contributed by atoms with Crippen molar-refractivity contribution in [3.8, 4) is 11.4 Å². The van der Waals surface area contributed by atoms with Crippen molar-refractivity contribution in [1.29, 1.82) is 0 Å². The molecule has 3 N–H and O–H groups in total. The molecular weight excluding hydrogens is 603 g/mol. The number of aromatic carboxylic acids is 1. The minimum Gasteiger partial charge on any atom is -0.495 e. The number of rotatable bonds is 9. The molecule has 0 unspecified atom stereocenters. The summed E-state index contributed by atoms with van der Waals surface area (Å²) in [4.78, 5) is 37.6. The highest BCUT2D eigenvalue weighted by Gasteiger charge is 2.26. The van der Waals surface area contributed by atoms with Crippen molar-refractivity contribution in [2.45, 2.75) is 26.2 Å². The number of benzene rings is 3. The average molecular weight is 628 g/mol. The number of aryl methyl sites for hydroxylation is 1. The highest BCUT2D eigenvalue weighted by Crippen LogP contribution is 2.34. The minimum atomic E-state index is -1.04. The summed E-state index contributed by atoms with van der Waals surface area (Å²) < 4.78 is 6.84. The Morgan fingerprint density at radius 2 is 1.86 bits per heavy atom. The van der Waals surface area contributed by atoms with Crippen LogP contribution in [0.2, 0.25) is 15.1 Å². The van der Waals surface area contributed by atoms with Crippen molar-refractivity contribution in [2.24, 2.45) is 0 Å². The van der Waals surface area contributed by atoms with Crippen LogP contribution in [0.5, 0.6) is 5.75 Å². The predicted octanol–water partition coefficient (Wildman–Crippen LogP) is 6.24. The standard InChI is InChI=1S/C29H25Cl3N6O4/c1-4-16-17(6-5-7-18(16)29(40)41)19(27-35-23-10-20(30)25(42-3)11-24(23)36-27)12-33-28(39)26-21(31)8-15(9-22(26)32)38-13-34-14(2)37-38/h5-11,13,19H,4,12H2,1-3H3,(H,33,39)(H,35,36)(H,40,41)/t19-/m0/s1. The van der Waals surface area contributed by atoms with Gasteiger partial charge in [-0.1, -0.05) is 53.9 Å². The van der Waals surface area contributed by atoms with E-state index in [1.807, 2.05) is 13.0 Å². The molecular formula is C29H25Cl3N6O4. The molecule has 3 aromatic carbocycles. The van der Waals surface area contributed by atoms with E-state index in [1.165, 1.54) is 18.1 Å². The lowest BCUT2D eigenvalue weighted by Crippen LogP contribution is -2.30. The fraction of sp³-hybridized carbons (Fsp3) is 0.207. The number of aromatic nitrogens is 5. The molecule has 1 atom stereocenters. The second kappa shape index (κ2) is 12.0. The zero-order chi connectivity index (χ0) is 30.1. The van der Waals surface area contributed by atoms with E-state index in [0.717, 1.165) is 0 Å². The molecule has 0 spiro atoms. The number of hydrogen-bond acceptors (Lipinski definition) is 6. The van der Waals surface area contributed by atoms with Gasteiger partial charge in [0.1, 0.15) is 23.7 Å². The second-order valence-corrected chi connectivity index (χ2v) is 10.7. The number of imidazole rings is 1. The van der Waals surface area contributed by atoms with Gasteiger partial charge in [0, 0.05) is 12.6 Å². The number of nitrogens with one attached hydrogen (secondary N) is 2. The van der Waals surface area contributed by atoms with E-state index < -0.39 is 17.8 Å². The molecule has 1 amide bonds. The van der Waals surface area contributed by atoms with Gasteiger partial charge in [0.2, 0.25) is 0 Å². The lowest BCUT2D eigenvalue weighted by atomic mass is 9.89. The van der Waals surface area contributed by atoms with Gasteiger partial charge >= 0.3 is 5.97 Å². The van der Waals surface area contributed by atoms with Crippen LogP contribution >= 0.6 is 34.8 Å². The van der Waals surface area contributed by atoms with Gasteiger partial charge < -0.3 is 20.1 Å². The monoisotopic (exact) mass is 626 g/mol. The molecule has 0 aliphatic rings. The first-order valence-electron chi connectivity index (χ1n) is 12.8. The first-order chi connectivity index (χ1) is 20.1. The van der Waals surface area contributed by atoms with Gasteiger partial charge in [-0.05, 0) is 48.7 Å². The van der Waals surface area contributed by atoms with E-state index in [4.69, 9.17) is 44.5 Å². The van der Waals surface area contributed by atoms with Crippen molar-refractivity contribution < 1.29 is 19.4 Å². The van der Waals surface area contributed by atoms with Gasteiger partial charge in [-0.15, -0.1) is 0 Å². The van der Waals surface area contributed by atoms with E-state index in [1.54, 1.807) is 43.3 Å². The van der Waals surface area contributed by atoms with Crippen LogP contribution in [0.15, 0.2) is 48.8 Å². The molecule has 13 heteroatoms. The van der Waals surface area contributed by atoms with Crippen LogP contribution < -0.4 is 10.1 Å². The number of ether oxygens (including phenoxy) is 1. The van der Waals surface area contributed by atoms with Crippen molar-refractivity contribution in [3.05, 3.63) is 97.8 Å². The van der Waals surface area contributed by atoms with Crippen LogP contribution in [0.4, 0.5) is 0 Å². The molecule has 5 rings (SSSR count). The molecule has 0 saturated heterocycles. The lowest BCUT2D eigenvalue weighted by molar-refractivity contribution is 0.0695. The fourth-order valence-electron chi connectivity index (χ4n) is 4.89. The molecule has 216 valence electrons. The van der Waals surface area contributed by atoms with Crippen LogP contribution in [0.25, 0.3) is 16.7 Å². The normalized spacial score (nSPS) is 12.0. The third-order valence-corrected chi connectivity index (χ3v) is 7.76. The third-order valence-electron chi connectivity index (χ3n) is 6.87. The Morgan fingerprint density at radius 3 is 2.48 bits per heavy atom. The van der Waals surface area contributed by atoms with E-state index in [9.17, 15) is 14.7 Å². The van der Waals surface area contributed by atoms with Crippen LogP contribution in [0, 0.1) is 6.92 Å². The number of fused-ring (bicyclic) bond motifs is 1. The molecule has 0 fully saturated rings. The highest BCUT2D eigenvalue weighted by atomic mass is 35.5. The first-order valence-corrected chi connectivity index (χ1v) is 14.0. The summed E-state index contributed by atoms with van der Waals surface area (Å²) in [6.45, 7) is 3.68. The third kappa shape index (κ3) is 5.65. The summed E-state index contributed by atoms with van der Waals surface area (Å²) in [5.41, 5.74) is 3.40. The Balaban J connectivity index is 1.53. The highest BCUT2D eigenvalue weighted by molar-refractivity contribution is 6.40. The summed E-state index contributed by atoms with van der Waals surface area (Å²) in [6.07, 6.45) is 1.97. The quantitative estimate of drug-likeness (QED) is 0.176. The molecule has 0 saturated carbocycles. The molecule has 0 bridgehead atoms. The second-order valence-electron chi connectivity index (χ2n) is 9.44. The number of aromatic amines is 1. The van der Waals surface area contributed by atoms with E-state index in [-0.39, 0.29) is 27.7 Å². The number of carbonyl (C=O) groups is 2. The Labute approximate surface area is 255 Å². The van der Waals surface area contributed by atoms with Gasteiger partial charge in [0.05, 0.1) is 55.9 Å². The van der Waals surface area contributed by atoms with E-state index in [2.05, 4.69) is 20.4 Å². The number of carboxylic acids is 1. The summed E-state index contributed by atoms with van der Waals surface area (Å²) in [5.74, 6) is -0.581. The molecule has 0 radical (unpaired) electrons. The maximum absolute atomic E-state index is 13.5. The van der Waals surface area contributed by atoms with Crippen molar-refractivity contribution in [3.63, 3.8) is 0 Å². The van der Waals surface area contributed by atoms with Crippen LogP contribution in [-0.4, -0.2) is 55.4 Å². The molecule has 0 aliphatic carbocycles. The Morgan fingerprint density at radius 1 is 1.12 bits per heavy atom. The van der Waals surface area contributed by atoms with Crippen molar-refractivity contribution >= 4 is 57.7 Å². The van der Waals surface area contributed by atoms with Gasteiger partial charge in [-0.3, -0.25) is 4.79 Å². The maximum Gasteiger partial charge on any atom is 0.335 e. The zero-order valence-electron chi connectivity index (χ0n) is 22.7. The number of carbonyl (C=O) groups excluding carboxylic acids is 1. The van der Waals surface area contributed by atoms with Crippen molar-refractivity contribution in [1.82, 2.24) is 30.0 Å². The average Bonchev–Trinajstić information content (AvgIpc) is 3.57. The van der Waals surface area contributed by atoms with Gasteiger partial charge in [0.25, 0.3) is 5.91 Å². The number of methoxy groups -OCH3 is 1. The number of carboxylic acid groups (broad SMARTS) is 1. The van der Waals surface area contributed by atoms with Crippen molar-refractivity contribution in [2.75, 3.05) is 13.7 Å². The number of hydrogen-bond donors (Lipinski definition) is 3. The van der Waals surface area contributed by atoms with E-state index in [0.29, 0.717) is 56.7 Å². The Kier molecular flexibility index (Phi) is 8.40. The SMILES string of the molecule is CCc1c(C(=O)O)cccc1[C@H](CNC(=O)c1c(Cl)cc(-n2cnc(C)n2)cc1Cl)c1nc2cc(OC)c(Cl)cc2[nH]1. The van der Waals surface area contributed by atoms with E-state index >= 15 is 0 Å². The number of H-pyrrole nitrogens is 1. The zero-order valence-corrected chi connectivity index (χ0v) is 25.0. The Bertz CT molecular complexity index is 1810. The Hall–Kier alpha value is -4.12. The summed E-state index contributed by atoms with van der Waals surface area (Å²) in [6, 6.07) is 11.6. The minimum absolute atomic E-state index is 0.0519. The molecule has 2 heterocycles. The predicted molar refractivity (Wildman–Crippen MR) is 161 cm³/mol. The first kappa shape index (κ1) is 29.4. The summed E-state index contributed by atoms with van der Waals surface area (Å²) >= 11 is 19.4. The van der Waals surface area contributed by atoms with Gasteiger partial charge in [-0.25, -0.2) is 19.4 Å². The van der Waals surface area contributed by atoms with Crippen LogP contribution in [-0.2, 0) is 6.42 Å². The summed E-state index contributed by atoms with van der Waals surface area (Å²) in [7, 11) is 1.51. The van der Waals surface area contributed by atoms with Gasteiger partial charge in [0.15, 0.2) is 0 Å². The smallest absolute Gasteiger partial charge is 0.335 e. The summed E-state index contributed by atoms with van der Waals surface area (Å²) in [5, 5.41) is 17.7. The van der Waals surface area contributed by atoms with Crippen LogP contribution in [0.1, 0.15) is 56.3 Å². The molecule has 0 aliphatic heterocycles. The number of nitrogens with zero attached hydrogens (tertiary/aromatic N) is 4. The lowest BCUT2D eigenvalue weighted by Gasteiger charge is -2.21. The molecule has 10 nitrogen and oxygen atoms in total. The van der Waals surface area contributed by atoms with Gasteiger partial charge in [-0.2, -0.15) is 5.10 Å². The maximum atomic E-state index is 13.5. The van der Waals surface area contributed by atoms with Crippen LogP contribution in [0.3, 0.4) is 0 Å².